The minimum atomic E-state index is 0.239. The summed E-state index contributed by atoms with van der Waals surface area (Å²) in [5.74, 6) is 1.59. The third-order valence-electron chi connectivity index (χ3n) is 4.90. The van der Waals surface area contributed by atoms with Crippen LogP contribution in [0.25, 0.3) is 0 Å². The molecule has 2 aliphatic carbocycles. The molecule has 3 nitrogen and oxygen atoms in total. The molecule has 0 amide bonds. The maximum Gasteiger partial charge on any atom is 0.0593 e. The molecule has 0 radical (unpaired) electrons. The average Bonchev–Trinajstić information content (AvgIpc) is 3.07. The van der Waals surface area contributed by atoms with E-state index in [1.54, 1.807) is 0 Å². The van der Waals surface area contributed by atoms with Crippen molar-refractivity contribution >= 4 is 0 Å². The number of likely N-dealkylation sites (N-methyl/N-ethyl adjacent to an activating group) is 1. The van der Waals surface area contributed by atoms with Crippen LogP contribution in [0.4, 0.5) is 0 Å². The molecule has 0 aromatic rings. The van der Waals surface area contributed by atoms with Gasteiger partial charge in [0.15, 0.2) is 0 Å². The third kappa shape index (κ3) is 3.01. The molecule has 0 aromatic heterocycles. The van der Waals surface area contributed by atoms with Gasteiger partial charge in [0, 0.05) is 25.2 Å². The Morgan fingerprint density at radius 1 is 1.35 bits per heavy atom. The van der Waals surface area contributed by atoms with Crippen LogP contribution in [-0.4, -0.2) is 43.8 Å². The van der Waals surface area contributed by atoms with Crippen molar-refractivity contribution in [2.24, 2.45) is 17.6 Å². The highest BCUT2D eigenvalue weighted by molar-refractivity contribution is 4.99. The molecule has 2 atom stereocenters. The summed E-state index contributed by atoms with van der Waals surface area (Å²) in [7, 11) is 2.22. The second-order valence-corrected chi connectivity index (χ2v) is 6.04. The lowest BCUT2D eigenvalue weighted by Crippen LogP contribution is -2.54. The van der Waals surface area contributed by atoms with E-state index in [4.69, 9.17) is 10.5 Å². The number of hydrogen-bond donors (Lipinski definition) is 1. The van der Waals surface area contributed by atoms with Crippen LogP contribution in [0.5, 0.6) is 0 Å². The summed E-state index contributed by atoms with van der Waals surface area (Å²) < 4.78 is 5.73. The molecule has 2 rings (SSSR count). The van der Waals surface area contributed by atoms with Crippen LogP contribution in [0.1, 0.15) is 39.0 Å². The highest BCUT2D eigenvalue weighted by Crippen LogP contribution is 2.38. The maximum atomic E-state index is 6.04. The Labute approximate surface area is 106 Å². The van der Waals surface area contributed by atoms with Crippen LogP contribution in [0.2, 0.25) is 0 Å². The Kier molecular flexibility index (Phi) is 4.45. The summed E-state index contributed by atoms with van der Waals surface area (Å²) in [6.07, 6.45) is 6.65. The number of hydrogen-bond acceptors (Lipinski definition) is 3. The zero-order valence-electron chi connectivity index (χ0n) is 11.5. The molecule has 2 fully saturated rings. The molecule has 2 N–H and O–H groups in total. The van der Waals surface area contributed by atoms with E-state index in [1.165, 1.54) is 32.1 Å². The number of rotatable bonds is 7. The second-order valence-electron chi connectivity index (χ2n) is 6.04. The molecule has 0 aliphatic heterocycles. The first-order valence-electron chi connectivity index (χ1n) is 7.18. The van der Waals surface area contributed by atoms with Crippen molar-refractivity contribution in [1.82, 2.24) is 4.90 Å². The topological polar surface area (TPSA) is 38.5 Å². The van der Waals surface area contributed by atoms with Gasteiger partial charge in [0.1, 0.15) is 0 Å². The largest absolute Gasteiger partial charge is 0.380 e. The van der Waals surface area contributed by atoms with E-state index in [0.29, 0.717) is 0 Å². The van der Waals surface area contributed by atoms with Crippen molar-refractivity contribution in [2.75, 3.05) is 33.4 Å². The molecule has 0 bridgehead atoms. The van der Waals surface area contributed by atoms with Gasteiger partial charge in [-0.2, -0.15) is 0 Å². The number of nitrogens with zero attached hydrogens (tertiary/aromatic N) is 1. The van der Waals surface area contributed by atoms with E-state index < -0.39 is 0 Å². The molecule has 0 aromatic carbocycles. The molecule has 100 valence electrons. The van der Waals surface area contributed by atoms with Crippen LogP contribution in [0, 0.1) is 11.8 Å². The van der Waals surface area contributed by atoms with Crippen molar-refractivity contribution in [3.63, 3.8) is 0 Å². The summed E-state index contributed by atoms with van der Waals surface area (Å²) in [6.45, 7) is 5.99. The van der Waals surface area contributed by atoms with Crippen LogP contribution in [0.15, 0.2) is 0 Å². The fraction of sp³-hybridized carbons (Fsp3) is 1.00. The van der Waals surface area contributed by atoms with Gasteiger partial charge >= 0.3 is 0 Å². The number of ether oxygens (including phenoxy) is 1. The highest BCUT2D eigenvalue weighted by Gasteiger charge is 2.42. The monoisotopic (exact) mass is 240 g/mol. The quantitative estimate of drug-likeness (QED) is 0.690. The van der Waals surface area contributed by atoms with Crippen molar-refractivity contribution < 1.29 is 4.74 Å². The van der Waals surface area contributed by atoms with E-state index in [9.17, 15) is 0 Å². The fourth-order valence-electron chi connectivity index (χ4n) is 3.21. The predicted molar refractivity (Wildman–Crippen MR) is 71.0 cm³/mol. The van der Waals surface area contributed by atoms with Crippen molar-refractivity contribution in [2.45, 2.75) is 44.6 Å². The molecule has 3 heteroatoms. The lowest BCUT2D eigenvalue weighted by molar-refractivity contribution is 0.0432. The molecule has 0 spiro atoms. The Balaban J connectivity index is 1.73. The van der Waals surface area contributed by atoms with E-state index in [0.717, 1.165) is 38.1 Å². The van der Waals surface area contributed by atoms with Crippen molar-refractivity contribution in [3.8, 4) is 0 Å². The summed E-state index contributed by atoms with van der Waals surface area (Å²) in [5, 5.41) is 0. The van der Waals surface area contributed by atoms with Crippen LogP contribution in [-0.2, 0) is 4.74 Å². The van der Waals surface area contributed by atoms with Gasteiger partial charge in [-0.15, -0.1) is 0 Å². The second kappa shape index (κ2) is 5.68. The Morgan fingerprint density at radius 2 is 2.12 bits per heavy atom. The number of nitrogens with two attached hydrogens (primary N) is 1. The molecule has 2 unspecified atom stereocenters. The van der Waals surface area contributed by atoms with E-state index in [-0.39, 0.29) is 5.54 Å². The van der Waals surface area contributed by atoms with Crippen molar-refractivity contribution in [1.29, 1.82) is 0 Å². The normalized spacial score (nSPS) is 33.5. The van der Waals surface area contributed by atoms with E-state index >= 15 is 0 Å². The molecular formula is C14H28N2O. The first kappa shape index (κ1) is 13.3. The Bertz CT molecular complexity index is 242. The minimum Gasteiger partial charge on any atom is -0.380 e. The molecule has 17 heavy (non-hydrogen) atoms. The highest BCUT2D eigenvalue weighted by atomic mass is 16.5. The first-order chi connectivity index (χ1) is 8.19. The van der Waals surface area contributed by atoms with Gasteiger partial charge in [-0.05, 0) is 44.6 Å². The average molecular weight is 240 g/mol. The Morgan fingerprint density at radius 3 is 2.65 bits per heavy atom. The Hall–Kier alpha value is -0.120. The summed E-state index contributed by atoms with van der Waals surface area (Å²) >= 11 is 0. The van der Waals surface area contributed by atoms with Crippen LogP contribution < -0.4 is 5.73 Å². The summed E-state index contributed by atoms with van der Waals surface area (Å²) in [4.78, 5) is 2.46. The van der Waals surface area contributed by atoms with E-state index in [1.807, 2.05) is 0 Å². The summed E-state index contributed by atoms with van der Waals surface area (Å²) in [6, 6.07) is 0. The zero-order valence-corrected chi connectivity index (χ0v) is 11.5. The summed E-state index contributed by atoms with van der Waals surface area (Å²) in [5.41, 5.74) is 6.28. The third-order valence-corrected chi connectivity index (χ3v) is 4.90. The van der Waals surface area contributed by atoms with Gasteiger partial charge in [-0.1, -0.05) is 13.3 Å². The van der Waals surface area contributed by atoms with Gasteiger partial charge in [0.05, 0.1) is 6.61 Å². The van der Waals surface area contributed by atoms with Gasteiger partial charge in [-0.3, -0.25) is 4.90 Å². The smallest absolute Gasteiger partial charge is 0.0593 e. The fourth-order valence-corrected chi connectivity index (χ4v) is 3.21. The molecule has 2 saturated carbocycles. The predicted octanol–water partition coefficient (Wildman–Crippen LogP) is 1.86. The standard InChI is InChI=1S/C14H28N2O/c1-12-4-3-7-14(12,11-15)16(2)8-9-17-10-13-5-6-13/h12-13H,3-11,15H2,1-2H3. The zero-order chi connectivity index (χ0) is 12.3. The van der Waals surface area contributed by atoms with Gasteiger partial charge in [0.25, 0.3) is 0 Å². The maximum absolute atomic E-state index is 6.04. The van der Waals surface area contributed by atoms with Gasteiger partial charge < -0.3 is 10.5 Å². The van der Waals surface area contributed by atoms with Gasteiger partial charge in [-0.25, -0.2) is 0 Å². The van der Waals surface area contributed by atoms with Crippen molar-refractivity contribution in [3.05, 3.63) is 0 Å². The van der Waals surface area contributed by atoms with Crippen LogP contribution >= 0.6 is 0 Å². The van der Waals surface area contributed by atoms with Gasteiger partial charge in [0.2, 0.25) is 0 Å². The first-order valence-corrected chi connectivity index (χ1v) is 7.18. The minimum absolute atomic E-state index is 0.239. The molecule has 0 heterocycles. The lowest BCUT2D eigenvalue weighted by Gasteiger charge is -2.41. The molecule has 2 aliphatic rings. The molecule has 0 saturated heterocycles. The molecular weight excluding hydrogens is 212 g/mol. The van der Waals surface area contributed by atoms with Crippen LogP contribution in [0.3, 0.4) is 0 Å². The van der Waals surface area contributed by atoms with E-state index in [2.05, 4.69) is 18.9 Å². The lowest BCUT2D eigenvalue weighted by atomic mass is 9.87. The SMILES string of the molecule is CC1CCCC1(CN)N(C)CCOCC1CC1.